The van der Waals surface area contributed by atoms with Gasteiger partial charge in [0.2, 0.25) is 10.0 Å². The van der Waals surface area contributed by atoms with Gasteiger partial charge in [-0.25, -0.2) is 13.2 Å². The highest BCUT2D eigenvalue weighted by atomic mass is 32.2. The lowest BCUT2D eigenvalue weighted by Gasteiger charge is -2.18. The highest BCUT2D eigenvalue weighted by Gasteiger charge is 2.21. The lowest BCUT2D eigenvalue weighted by Crippen LogP contribution is -2.36. The molecule has 0 unspecified atom stereocenters. The van der Waals surface area contributed by atoms with Crippen molar-refractivity contribution in [3.63, 3.8) is 0 Å². The van der Waals surface area contributed by atoms with E-state index in [4.69, 9.17) is 0 Å². The van der Waals surface area contributed by atoms with Gasteiger partial charge in [0.05, 0.1) is 4.90 Å². The summed E-state index contributed by atoms with van der Waals surface area (Å²) >= 11 is 0. The van der Waals surface area contributed by atoms with Crippen molar-refractivity contribution in [2.24, 2.45) is 0 Å². The molecular formula is C21H27F2N3O4S. The van der Waals surface area contributed by atoms with E-state index in [2.05, 4.69) is 15.4 Å². The number of sulfonamides is 1. The maximum absolute atomic E-state index is 12.5. The predicted octanol–water partition coefficient (Wildman–Crippen LogP) is 3.36. The van der Waals surface area contributed by atoms with Crippen LogP contribution < -0.4 is 15.4 Å². The Hall–Kier alpha value is -2.72. The van der Waals surface area contributed by atoms with E-state index in [9.17, 15) is 22.0 Å². The van der Waals surface area contributed by atoms with E-state index in [1.165, 1.54) is 28.6 Å². The van der Waals surface area contributed by atoms with Gasteiger partial charge in [-0.05, 0) is 41.8 Å². The van der Waals surface area contributed by atoms with Crippen molar-refractivity contribution in [2.45, 2.75) is 38.3 Å². The number of nitrogens with zero attached hydrogens (tertiary/aromatic N) is 1. The van der Waals surface area contributed by atoms with Crippen molar-refractivity contribution in [1.29, 1.82) is 0 Å². The number of rotatable bonds is 11. The molecule has 10 heteroatoms. The number of amides is 2. The van der Waals surface area contributed by atoms with Crippen LogP contribution in [0.1, 0.15) is 25.0 Å². The van der Waals surface area contributed by atoms with E-state index in [0.29, 0.717) is 26.1 Å². The van der Waals surface area contributed by atoms with Gasteiger partial charge in [0.25, 0.3) is 0 Å². The molecule has 0 aromatic heterocycles. The minimum Gasteiger partial charge on any atom is -0.435 e. The van der Waals surface area contributed by atoms with Gasteiger partial charge in [-0.1, -0.05) is 38.1 Å². The molecule has 0 heterocycles. The molecule has 2 aromatic rings. The van der Waals surface area contributed by atoms with E-state index in [1.807, 2.05) is 0 Å². The van der Waals surface area contributed by atoms with E-state index in [0.717, 1.165) is 11.1 Å². The second kappa shape index (κ2) is 11.6. The fourth-order valence-electron chi connectivity index (χ4n) is 2.89. The molecule has 0 aliphatic heterocycles. The predicted molar refractivity (Wildman–Crippen MR) is 114 cm³/mol. The molecule has 2 rings (SSSR count). The van der Waals surface area contributed by atoms with Gasteiger partial charge < -0.3 is 15.4 Å². The fraction of sp³-hybridized carbons (Fsp3) is 0.381. The quantitative estimate of drug-likeness (QED) is 0.544. The molecule has 0 radical (unpaired) electrons. The standard InChI is InChI=1S/C21H27F2N3O4S/c1-3-26(4-2)31(28,29)19-11-7-17(8-12-19)15-25-21(27)24-14-13-16-5-9-18(10-6-16)30-20(22)23/h5-12,20H,3-4,13-15H2,1-2H3,(H2,24,25,27). The normalized spacial score (nSPS) is 11.5. The number of benzene rings is 2. The summed E-state index contributed by atoms with van der Waals surface area (Å²) in [7, 11) is -3.51. The first kappa shape index (κ1) is 24.5. The van der Waals surface area contributed by atoms with Crippen LogP contribution in [0.25, 0.3) is 0 Å². The third-order valence-electron chi connectivity index (χ3n) is 4.57. The molecule has 0 aliphatic carbocycles. The molecule has 0 aliphatic rings. The molecule has 0 bridgehead atoms. The summed E-state index contributed by atoms with van der Waals surface area (Å²) < 4.78 is 54.9. The summed E-state index contributed by atoms with van der Waals surface area (Å²) in [6, 6.07) is 12.2. The van der Waals surface area contributed by atoms with Crippen LogP contribution in [0.15, 0.2) is 53.4 Å². The molecule has 0 fully saturated rings. The van der Waals surface area contributed by atoms with Crippen molar-refractivity contribution < 1.29 is 26.7 Å². The second-order valence-electron chi connectivity index (χ2n) is 6.62. The van der Waals surface area contributed by atoms with E-state index >= 15 is 0 Å². The van der Waals surface area contributed by atoms with Gasteiger partial charge in [-0.2, -0.15) is 13.1 Å². The van der Waals surface area contributed by atoms with E-state index in [-0.39, 0.29) is 23.2 Å². The average Bonchev–Trinajstić information content (AvgIpc) is 2.74. The Morgan fingerprint density at radius 3 is 2.10 bits per heavy atom. The summed E-state index contributed by atoms with van der Waals surface area (Å²) in [6.45, 7) is 2.12. The van der Waals surface area contributed by atoms with Gasteiger partial charge in [-0.15, -0.1) is 0 Å². The molecule has 0 spiro atoms. The largest absolute Gasteiger partial charge is 0.435 e. The van der Waals surface area contributed by atoms with Crippen molar-refractivity contribution in [3.8, 4) is 5.75 Å². The fourth-order valence-corrected chi connectivity index (χ4v) is 4.35. The van der Waals surface area contributed by atoms with Gasteiger partial charge in [0.15, 0.2) is 0 Å². The first-order valence-corrected chi connectivity index (χ1v) is 11.3. The molecule has 0 atom stereocenters. The van der Waals surface area contributed by atoms with Crippen LogP contribution in [0.5, 0.6) is 5.75 Å². The van der Waals surface area contributed by atoms with E-state index < -0.39 is 16.6 Å². The Kier molecular flexibility index (Phi) is 9.20. The topological polar surface area (TPSA) is 87.7 Å². The van der Waals surface area contributed by atoms with Crippen LogP contribution in [-0.4, -0.2) is 45.0 Å². The summed E-state index contributed by atoms with van der Waals surface area (Å²) in [5, 5.41) is 5.42. The molecule has 31 heavy (non-hydrogen) atoms. The Morgan fingerprint density at radius 2 is 1.55 bits per heavy atom. The number of urea groups is 1. The Balaban J connectivity index is 1.77. The molecule has 170 valence electrons. The zero-order chi connectivity index (χ0) is 22.9. The number of carbonyl (C=O) groups excluding carboxylic acids is 1. The van der Waals surface area contributed by atoms with Crippen LogP contribution in [0, 0.1) is 0 Å². The van der Waals surface area contributed by atoms with Crippen molar-refractivity contribution in [1.82, 2.24) is 14.9 Å². The van der Waals surface area contributed by atoms with Crippen molar-refractivity contribution in [3.05, 3.63) is 59.7 Å². The smallest absolute Gasteiger partial charge is 0.387 e. The zero-order valence-corrected chi connectivity index (χ0v) is 18.3. The van der Waals surface area contributed by atoms with Crippen LogP contribution in [0.3, 0.4) is 0 Å². The number of alkyl halides is 2. The van der Waals surface area contributed by atoms with Crippen LogP contribution in [0.2, 0.25) is 0 Å². The molecule has 0 saturated carbocycles. The third kappa shape index (κ3) is 7.48. The van der Waals surface area contributed by atoms with E-state index in [1.54, 1.807) is 38.1 Å². The number of halogens is 2. The lowest BCUT2D eigenvalue weighted by atomic mass is 10.1. The number of hydrogen-bond donors (Lipinski definition) is 2. The maximum Gasteiger partial charge on any atom is 0.387 e. The summed E-state index contributed by atoms with van der Waals surface area (Å²) in [5.41, 5.74) is 1.63. The molecule has 0 saturated heterocycles. The van der Waals surface area contributed by atoms with Crippen LogP contribution >= 0.6 is 0 Å². The van der Waals surface area contributed by atoms with Gasteiger partial charge in [-0.3, -0.25) is 0 Å². The highest BCUT2D eigenvalue weighted by Crippen LogP contribution is 2.16. The monoisotopic (exact) mass is 455 g/mol. The first-order valence-electron chi connectivity index (χ1n) is 9.90. The molecule has 2 amide bonds. The number of ether oxygens (including phenoxy) is 1. The molecule has 2 aromatic carbocycles. The Bertz CT molecular complexity index is 932. The maximum atomic E-state index is 12.5. The highest BCUT2D eigenvalue weighted by molar-refractivity contribution is 7.89. The minimum atomic E-state index is -3.51. The number of carbonyl (C=O) groups is 1. The number of hydrogen-bond acceptors (Lipinski definition) is 4. The molecule has 2 N–H and O–H groups in total. The van der Waals surface area contributed by atoms with Crippen LogP contribution in [0.4, 0.5) is 13.6 Å². The average molecular weight is 456 g/mol. The SMILES string of the molecule is CCN(CC)S(=O)(=O)c1ccc(CNC(=O)NCCc2ccc(OC(F)F)cc2)cc1. The molecular weight excluding hydrogens is 428 g/mol. The summed E-state index contributed by atoms with van der Waals surface area (Å²) in [6.07, 6.45) is 0.528. The molecule has 7 nitrogen and oxygen atoms in total. The summed E-state index contributed by atoms with van der Waals surface area (Å²) in [4.78, 5) is 12.2. The Morgan fingerprint density at radius 1 is 0.968 bits per heavy atom. The second-order valence-corrected chi connectivity index (χ2v) is 8.55. The van der Waals surface area contributed by atoms with Gasteiger partial charge >= 0.3 is 12.6 Å². The van der Waals surface area contributed by atoms with Gasteiger partial charge in [0.1, 0.15) is 5.75 Å². The van der Waals surface area contributed by atoms with Crippen molar-refractivity contribution >= 4 is 16.1 Å². The number of nitrogens with one attached hydrogen (secondary N) is 2. The lowest BCUT2D eigenvalue weighted by molar-refractivity contribution is -0.0498. The summed E-state index contributed by atoms with van der Waals surface area (Å²) in [5.74, 6) is 0.0837. The zero-order valence-electron chi connectivity index (χ0n) is 17.5. The van der Waals surface area contributed by atoms with Crippen molar-refractivity contribution in [2.75, 3.05) is 19.6 Å². The first-order chi connectivity index (χ1) is 14.8. The minimum absolute atomic E-state index is 0.0837. The Labute approximate surface area is 181 Å². The third-order valence-corrected chi connectivity index (χ3v) is 6.63. The van der Waals surface area contributed by atoms with Gasteiger partial charge in [0, 0.05) is 26.2 Å². The van der Waals surface area contributed by atoms with Crippen LogP contribution in [-0.2, 0) is 23.0 Å².